The molecule has 1 aliphatic rings. The molecule has 32 heavy (non-hydrogen) atoms. The van der Waals surface area contributed by atoms with E-state index in [1.807, 2.05) is 30.3 Å². The number of hydrogen-bond donors (Lipinski definition) is 1. The van der Waals surface area contributed by atoms with E-state index in [4.69, 9.17) is 9.26 Å². The van der Waals surface area contributed by atoms with Crippen LogP contribution in [0.1, 0.15) is 34.0 Å². The Bertz CT molecular complexity index is 1270. The number of nitrogens with one attached hydrogen (secondary N) is 1. The van der Waals surface area contributed by atoms with Crippen molar-refractivity contribution in [2.75, 3.05) is 19.0 Å². The molecular weight excluding hydrogens is 434 g/mol. The zero-order chi connectivity index (χ0) is 22.9. The van der Waals surface area contributed by atoms with Gasteiger partial charge in [0.15, 0.2) is 5.82 Å². The molecule has 1 atom stereocenters. The lowest BCUT2D eigenvalue weighted by Crippen LogP contribution is -2.32. The molecule has 10 heteroatoms. The number of anilines is 1. The average molecular weight is 455 g/mol. The molecule has 0 spiro atoms. The highest BCUT2D eigenvalue weighted by Crippen LogP contribution is 2.35. The standard InChI is InChI=1S/C22H21N3O6S/c1-14-10-20(24-31-14)23-22(27)16-8-9-18(30-2)19(11-16)32(28,29)25-13-17(12-21(25)26)15-6-4-3-5-7-15/h3-11,17H,12-13H2,1-2H3,(H,23,24,27)/t17-/m1/s1. The number of sulfonamides is 1. The van der Waals surface area contributed by atoms with Gasteiger partial charge in [-0.2, -0.15) is 0 Å². The normalized spacial score (nSPS) is 16.2. The number of ether oxygens (including phenoxy) is 1. The van der Waals surface area contributed by atoms with E-state index in [0.29, 0.717) is 5.76 Å². The highest BCUT2D eigenvalue weighted by molar-refractivity contribution is 7.89. The molecule has 0 radical (unpaired) electrons. The van der Waals surface area contributed by atoms with Gasteiger partial charge in [0.25, 0.3) is 15.9 Å². The number of carbonyl (C=O) groups excluding carboxylic acids is 2. The van der Waals surface area contributed by atoms with E-state index >= 15 is 0 Å². The van der Waals surface area contributed by atoms with Gasteiger partial charge in [0.1, 0.15) is 16.4 Å². The maximum atomic E-state index is 13.4. The molecule has 1 N–H and O–H groups in total. The van der Waals surface area contributed by atoms with Gasteiger partial charge in [0.2, 0.25) is 5.91 Å². The molecule has 0 unspecified atom stereocenters. The van der Waals surface area contributed by atoms with Crippen LogP contribution < -0.4 is 10.1 Å². The van der Waals surface area contributed by atoms with Gasteiger partial charge < -0.3 is 14.6 Å². The molecule has 2 heterocycles. The largest absolute Gasteiger partial charge is 0.495 e. The molecule has 0 aliphatic carbocycles. The lowest BCUT2D eigenvalue weighted by Gasteiger charge is -2.19. The second kappa shape index (κ2) is 8.46. The highest BCUT2D eigenvalue weighted by Gasteiger charge is 2.40. The molecule has 1 aromatic heterocycles. The molecule has 1 fully saturated rings. The predicted octanol–water partition coefficient (Wildman–Crippen LogP) is 2.95. The average Bonchev–Trinajstić information content (AvgIpc) is 3.39. The molecule has 0 saturated carbocycles. The number of hydrogen-bond acceptors (Lipinski definition) is 7. The van der Waals surface area contributed by atoms with Crippen LogP contribution in [-0.4, -0.2) is 43.3 Å². The molecule has 1 aliphatic heterocycles. The van der Waals surface area contributed by atoms with Gasteiger partial charge in [-0.05, 0) is 30.7 Å². The minimum absolute atomic E-state index is 0.0168. The Hall–Kier alpha value is -3.66. The number of nitrogens with zero attached hydrogens (tertiary/aromatic N) is 2. The zero-order valence-electron chi connectivity index (χ0n) is 17.4. The number of amides is 2. The van der Waals surface area contributed by atoms with Gasteiger partial charge in [-0.1, -0.05) is 35.5 Å². The van der Waals surface area contributed by atoms with Gasteiger partial charge in [-0.15, -0.1) is 0 Å². The number of benzene rings is 2. The molecular formula is C22H21N3O6S. The summed E-state index contributed by atoms with van der Waals surface area (Å²) >= 11 is 0. The van der Waals surface area contributed by atoms with Crippen molar-refractivity contribution >= 4 is 27.7 Å². The fraction of sp³-hybridized carbons (Fsp3) is 0.227. The fourth-order valence-corrected chi connectivity index (χ4v) is 5.25. The number of methoxy groups -OCH3 is 1. The summed E-state index contributed by atoms with van der Waals surface area (Å²) in [5.74, 6) is -0.575. The minimum Gasteiger partial charge on any atom is -0.495 e. The van der Waals surface area contributed by atoms with Crippen molar-refractivity contribution in [3.05, 3.63) is 71.5 Å². The van der Waals surface area contributed by atoms with Crippen LogP contribution in [0.25, 0.3) is 0 Å². The summed E-state index contributed by atoms with van der Waals surface area (Å²) in [6.45, 7) is 1.69. The summed E-state index contributed by atoms with van der Waals surface area (Å²) < 4.78 is 37.8. The van der Waals surface area contributed by atoms with E-state index in [0.717, 1.165) is 9.87 Å². The molecule has 2 aromatic carbocycles. The zero-order valence-corrected chi connectivity index (χ0v) is 18.3. The van der Waals surface area contributed by atoms with Crippen molar-refractivity contribution in [1.82, 2.24) is 9.46 Å². The molecule has 2 amide bonds. The van der Waals surface area contributed by atoms with E-state index in [2.05, 4.69) is 10.5 Å². The maximum Gasteiger partial charge on any atom is 0.270 e. The third kappa shape index (κ3) is 4.09. The van der Waals surface area contributed by atoms with Crippen LogP contribution in [0.5, 0.6) is 5.75 Å². The number of aryl methyl sites for hydroxylation is 1. The predicted molar refractivity (Wildman–Crippen MR) is 115 cm³/mol. The van der Waals surface area contributed by atoms with Crippen LogP contribution in [-0.2, 0) is 14.8 Å². The monoisotopic (exact) mass is 455 g/mol. The number of aromatic nitrogens is 1. The topological polar surface area (TPSA) is 119 Å². The number of carbonyl (C=O) groups is 2. The third-order valence-corrected chi connectivity index (χ3v) is 7.03. The summed E-state index contributed by atoms with van der Waals surface area (Å²) in [7, 11) is -2.93. The quantitative estimate of drug-likeness (QED) is 0.607. The Morgan fingerprint density at radius 3 is 2.59 bits per heavy atom. The van der Waals surface area contributed by atoms with Crippen LogP contribution in [0.3, 0.4) is 0 Å². The third-order valence-electron chi connectivity index (χ3n) is 5.22. The van der Waals surface area contributed by atoms with Gasteiger partial charge in [-0.3, -0.25) is 9.59 Å². The highest BCUT2D eigenvalue weighted by atomic mass is 32.2. The van der Waals surface area contributed by atoms with Gasteiger partial charge in [-0.25, -0.2) is 12.7 Å². The lowest BCUT2D eigenvalue weighted by atomic mass is 9.99. The Kier molecular flexibility index (Phi) is 5.70. The van der Waals surface area contributed by atoms with Gasteiger partial charge in [0, 0.05) is 30.5 Å². The molecule has 9 nitrogen and oxygen atoms in total. The van der Waals surface area contributed by atoms with Crippen molar-refractivity contribution in [3.63, 3.8) is 0 Å². The molecule has 4 rings (SSSR count). The summed E-state index contributed by atoms with van der Waals surface area (Å²) in [4.78, 5) is 25.0. The van der Waals surface area contributed by atoms with E-state index in [1.165, 1.54) is 31.4 Å². The molecule has 1 saturated heterocycles. The van der Waals surface area contributed by atoms with Crippen molar-refractivity contribution in [2.24, 2.45) is 0 Å². The summed E-state index contributed by atoms with van der Waals surface area (Å²) in [5.41, 5.74) is 0.956. The first-order chi connectivity index (χ1) is 15.3. The van der Waals surface area contributed by atoms with Crippen LogP contribution in [0, 0.1) is 6.92 Å². The van der Waals surface area contributed by atoms with Crippen LogP contribution in [0.2, 0.25) is 0 Å². The Morgan fingerprint density at radius 1 is 1.19 bits per heavy atom. The van der Waals surface area contributed by atoms with E-state index < -0.39 is 21.8 Å². The van der Waals surface area contributed by atoms with E-state index in [9.17, 15) is 18.0 Å². The van der Waals surface area contributed by atoms with Crippen molar-refractivity contribution in [3.8, 4) is 5.75 Å². The molecule has 0 bridgehead atoms. The van der Waals surface area contributed by atoms with Crippen LogP contribution >= 0.6 is 0 Å². The smallest absolute Gasteiger partial charge is 0.270 e. The number of rotatable bonds is 6. The minimum atomic E-state index is -4.25. The van der Waals surface area contributed by atoms with E-state index in [-0.39, 0.29) is 40.9 Å². The van der Waals surface area contributed by atoms with Crippen molar-refractivity contribution in [2.45, 2.75) is 24.2 Å². The Labute approximate surface area is 185 Å². The van der Waals surface area contributed by atoms with E-state index in [1.54, 1.807) is 6.92 Å². The van der Waals surface area contributed by atoms with Crippen molar-refractivity contribution in [1.29, 1.82) is 0 Å². The summed E-state index contributed by atoms with van der Waals surface area (Å²) in [5, 5.41) is 6.24. The first kappa shape index (κ1) is 21.6. The Morgan fingerprint density at radius 2 is 1.94 bits per heavy atom. The van der Waals surface area contributed by atoms with Gasteiger partial charge >= 0.3 is 0 Å². The first-order valence-electron chi connectivity index (χ1n) is 9.83. The van der Waals surface area contributed by atoms with Crippen LogP contribution in [0.15, 0.2) is 64.0 Å². The molecule has 166 valence electrons. The van der Waals surface area contributed by atoms with Crippen molar-refractivity contribution < 1.29 is 27.3 Å². The SMILES string of the molecule is COc1ccc(C(=O)Nc2cc(C)on2)cc1S(=O)(=O)N1C[C@H](c2ccccc2)CC1=O. The molecule has 3 aromatic rings. The lowest BCUT2D eigenvalue weighted by molar-refractivity contribution is -0.123. The van der Waals surface area contributed by atoms with Gasteiger partial charge in [0.05, 0.1) is 7.11 Å². The second-order valence-corrected chi connectivity index (χ2v) is 9.21. The second-order valence-electron chi connectivity index (χ2n) is 7.38. The summed E-state index contributed by atoms with van der Waals surface area (Å²) in [6.07, 6.45) is 0.0806. The Balaban J connectivity index is 1.64. The van der Waals surface area contributed by atoms with Crippen LogP contribution in [0.4, 0.5) is 5.82 Å². The first-order valence-corrected chi connectivity index (χ1v) is 11.3. The fourth-order valence-electron chi connectivity index (χ4n) is 3.61. The maximum absolute atomic E-state index is 13.4. The summed E-state index contributed by atoms with van der Waals surface area (Å²) in [6, 6.07) is 14.8.